The van der Waals surface area contributed by atoms with Crippen LogP contribution in [0.5, 0.6) is 0 Å². The van der Waals surface area contributed by atoms with E-state index in [1.165, 1.54) is 32.2 Å². The van der Waals surface area contributed by atoms with Crippen LogP contribution in [0.25, 0.3) is 0 Å². The molecule has 0 aromatic heterocycles. The minimum absolute atomic E-state index is 0.0371. The van der Waals surface area contributed by atoms with Gasteiger partial charge in [-0.25, -0.2) is 0 Å². The van der Waals surface area contributed by atoms with E-state index in [1.807, 2.05) is 0 Å². The fourth-order valence-corrected chi connectivity index (χ4v) is 3.15. The van der Waals surface area contributed by atoms with Crippen LogP contribution in [0.4, 0.5) is 0 Å². The average Bonchev–Trinajstić information content (AvgIpc) is 2.36. The van der Waals surface area contributed by atoms with Gasteiger partial charge in [-0.2, -0.15) is 0 Å². The van der Waals surface area contributed by atoms with Gasteiger partial charge in [-0.3, -0.25) is 4.79 Å². The number of nitrogens with zero attached hydrogens (tertiary/aromatic N) is 1. The van der Waals surface area contributed by atoms with Crippen molar-refractivity contribution in [1.29, 1.82) is 0 Å². The van der Waals surface area contributed by atoms with Crippen molar-refractivity contribution in [2.75, 3.05) is 26.7 Å². The Kier molecular flexibility index (Phi) is 5.01. The molecule has 4 nitrogen and oxygen atoms in total. The van der Waals surface area contributed by atoms with Gasteiger partial charge in [-0.05, 0) is 58.5 Å². The van der Waals surface area contributed by atoms with Crippen molar-refractivity contribution >= 4 is 5.91 Å². The van der Waals surface area contributed by atoms with Crippen LogP contribution in [0.15, 0.2) is 0 Å². The van der Waals surface area contributed by atoms with Crippen molar-refractivity contribution < 1.29 is 4.79 Å². The van der Waals surface area contributed by atoms with Crippen LogP contribution < -0.4 is 10.6 Å². The molecule has 4 heteroatoms. The Balaban J connectivity index is 1.70. The lowest BCUT2D eigenvalue weighted by molar-refractivity contribution is -0.124. The molecular weight excluding hydrogens is 226 g/mol. The van der Waals surface area contributed by atoms with Gasteiger partial charge < -0.3 is 15.5 Å². The van der Waals surface area contributed by atoms with Crippen molar-refractivity contribution in [3.05, 3.63) is 0 Å². The van der Waals surface area contributed by atoms with Crippen LogP contribution in [0.1, 0.15) is 39.0 Å². The lowest BCUT2D eigenvalue weighted by atomic mass is 9.97. The van der Waals surface area contributed by atoms with Crippen LogP contribution >= 0.6 is 0 Å². The van der Waals surface area contributed by atoms with Gasteiger partial charge in [0.05, 0.1) is 6.04 Å². The summed E-state index contributed by atoms with van der Waals surface area (Å²) in [6.45, 7) is 5.33. The van der Waals surface area contributed by atoms with E-state index < -0.39 is 0 Å². The molecule has 2 heterocycles. The van der Waals surface area contributed by atoms with Gasteiger partial charge in [0.15, 0.2) is 0 Å². The van der Waals surface area contributed by atoms with Crippen molar-refractivity contribution in [2.24, 2.45) is 5.92 Å². The maximum Gasteiger partial charge on any atom is 0.237 e. The number of carbonyl (C=O) groups is 1. The summed E-state index contributed by atoms with van der Waals surface area (Å²) in [5.74, 6) is 0.837. The summed E-state index contributed by atoms with van der Waals surface area (Å²) < 4.78 is 0. The zero-order valence-corrected chi connectivity index (χ0v) is 11.7. The molecule has 2 aliphatic rings. The Morgan fingerprint density at radius 1 is 1.33 bits per heavy atom. The Bertz CT molecular complexity index is 282. The second-order valence-electron chi connectivity index (χ2n) is 6.07. The van der Waals surface area contributed by atoms with Crippen LogP contribution in [0, 0.1) is 5.92 Å². The first kappa shape index (κ1) is 13.8. The first-order valence-electron chi connectivity index (χ1n) is 7.37. The predicted octanol–water partition coefficient (Wildman–Crippen LogP) is 0.975. The summed E-state index contributed by atoms with van der Waals surface area (Å²) in [6.07, 6.45) is 5.85. The van der Waals surface area contributed by atoms with E-state index in [2.05, 4.69) is 29.5 Å². The summed E-state index contributed by atoms with van der Waals surface area (Å²) in [4.78, 5) is 14.4. The molecule has 2 fully saturated rings. The van der Waals surface area contributed by atoms with E-state index in [9.17, 15) is 4.79 Å². The molecule has 2 saturated heterocycles. The van der Waals surface area contributed by atoms with Gasteiger partial charge in [0, 0.05) is 19.1 Å². The molecule has 0 aliphatic carbocycles. The van der Waals surface area contributed by atoms with Gasteiger partial charge in [0.25, 0.3) is 0 Å². The minimum Gasteiger partial charge on any atom is -0.354 e. The Labute approximate surface area is 110 Å². The van der Waals surface area contributed by atoms with Crippen LogP contribution in [0.2, 0.25) is 0 Å². The SMILES string of the molecule is CC1CCCC(C(=O)NCC2CCCN(C)C2)N1. The van der Waals surface area contributed by atoms with Gasteiger partial charge in [-0.1, -0.05) is 0 Å². The fraction of sp³-hybridized carbons (Fsp3) is 0.929. The normalized spacial score (nSPS) is 34.2. The lowest BCUT2D eigenvalue weighted by Gasteiger charge is -2.31. The van der Waals surface area contributed by atoms with E-state index in [1.54, 1.807) is 0 Å². The summed E-state index contributed by atoms with van der Waals surface area (Å²) >= 11 is 0. The van der Waals surface area contributed by atoms with E-state index >= 15 is 0 Å². The van der Waals surface area contributed by atoms with E-state index in [0.29, 0.717) is 12.0 Å². The summed E-state index contributed by atoms with van der Waals surface area (Å²) in [7, 11) is 2.17. The summed E-state index contributed by atoms with van der Waals surface area (Å²) in [5, 5.41) is 6.53. The number of nitrogens with one attached hydrogen (secondary N) is 2. The number of hydrogen-bond donors (Lipinski definition) is 2. The maximum atomic E-state index is 12.1. The standard InChI is InChI=1S/C14H27N3O/c1-11-5-3-7-13(16-11)14(18)15-9-12-6-4-8-17(2)10-12/h11-13,16H,3-10H2,1-2H3,(H,15,18). The topological polar surface area (TPSA) is 44.4 Å². The smallest absolute Gasteiger partial charge is 0.237 e. The highest BCUT2D eigenvalue weighted by Gasteiger charge is 2.25. The Morgan fingerprint density at radius 2 is 2.17 bits per heavy atom. The second kappa shape index (κ2) is 6.53. The molecule has 104 valence electrons. The quantitative estimate of drug-likeness (QED) is 0.788. The molecule has 2 N–H and O–H groups in total. The number of amides is 1. The molecule has 0 saturated carbocycles. The van der Waals surface area contributed by atoms with Gasteiger partial charge >= 0.3 is 0 Å². The van der Waals surface area contributed by atoms with Gasteiger partial charge in [-0.15, -0.1) is 0 Å². The fourth-order valence-electron chi connectivity index (χ4n) is 3.15. The number of likely N-dealkylation sites (tertiary alicyclic amines) is 1. The number of carbonyl (C=O) groups excluding carboxylic acids is 1. The second-order valence-corrected chi connectivity index (χ2v) is 6.07. The van der Waals surface area contributed by atoms with Crippen molar-refractivity contribution in [3.8, 4) is 0 Å². The minimum atomic E-state index is 0.0371. The Morgan fingerprint density at radius 3 is 2.89 bits per heavy atom. The number of rotatable bonds is 3. The molecule has 18 heavy (non-hydrogen) atoms. The van der Waals surface area contributed by atoms with Crippen LogP contribution in [-0.4, -0.2) is 49.6 Å². The summed E-state index contributed by atoms with van der Waals surface area (Å²) in [6, 6.07) is 0.519. The molecule has 0 aromatic rings. The van der Waals surface area contributed by atoms with Gasteiger partial charge in [0.1, 0.15) is 0 Å². The Hall–Kier alpha value is -0.610. The molecule has 0 aromatic carbocycles. The third kappa shape index (κ3) is 3.95. The number of hydrogen-bond acceptors (Lipinski definition) is 3. The molecule has 2 aliphatic heterocycles. The highest BCUT2D eigenvalue weighted by Crippen LogP contribution is 2.15. The van der Waals surface area contributed by atoms with Crippen molar-refractivity contribution in [2.45, 2.75) is 51.1 Å². The van der Waals surface area contributed by atoms with Crippen molar-refractivity contribution in [3.63, 3.8) is 0 Å². The molecule has 3 unspecified atom stereocenters. The molecule has 2 rings (SSSR count). The highest BCUT2D eigenvalue weighted by atomic mass is 16.2. The zero-order valence-electron chi connectivity index (χ0n) is 11.7. The average molecular weight is 253 g/mol. The largest absolute Gasteiger partial charge is 0.354 e. The van der Waals surface area contributed by atoms with E-state index in [4.69, 9.17) is 0 Å². The van der Waals surface area contributed by atoms with E-state index in [0.717, 1.165) is 19.5 Å². The lowest BCUT2D eigenvalue weighted by Crippen LogP contribution is -2.51. The van der Waals surface area contributed by atoms with E-state index in [-0.39, 0.29) is 11.9 Å². The summed E-state index contributed by atoms with van der Waals surface area (Å²) in [5.41, 5.74) is 0. The predicted molar refractivity (Wildman–Crippen MR) is 73.5 cm³/mol. The first-order valence-corrected chi connectivity index (χ1v) is 7.37. The molecule has 3 atom stereocenters. The molecule has 0 radical (unpaired) electrons. The monoisotopic (exact) mass is 253 g/mol. The molecule has 1 amide bonds. The first-order chi connectivity index (χ1) is 8.65. The van der Waals surface area contributed by atoms with Crippen LogP contribution in [0.3, 0.4) is 0 Å². The molecule has 0 spiro atoms. The van der Waals surface area contributed by atoms with Crippen LogP contribution in [-0.2, 0) is 4.79 Å². The maximum absolute atomic E-state index is 12.1. The highest BCUT2D eigenvalue weighted by molar-refractivity contribution is 5.81. The third-order valence-corrected chi connectivity index (χ3v) is 4.22. The van der Waals surface area contributed by atoms with Gasteiger partial charge in [0.2, 0.25) is 5.91 Å². The number of piperidine rings is 2. The van der Waals surface area contributed by atoms with Crippen molar-refractivity contribution in [1.82, 2.24) is 15.5 Å². The zero-order chi connectivity index (χ0) is 13.0. The third-order valence-electron chi connectivity index (χ3n) is 4.22. The molecule has 0 bridgehead atoms. The molecular formula is C14H27N3O.